The van der Waals surface area contributed by atoms with Crippen LogP contribution in [0, 0.1) is 0 Å². The van der Waals surface area contributed by atoms with Crippen molar-refractivity contribution in [3.05, 3.63) is 36.3 Å². The summed E-state index contributed by atoms with van der Waals surface area (Å²) >= 11 is 0. The summed E-state index contributed by atoms with van der Waals surface area (Å²) in [6.07, 6.45) is 3.88. The van der Waals surface area contributed by atoms with Crippen molar-refractivity contribution in [2.75, 3.05) is 0 Å². The minimum atomic E-state index is 0.604. The number of hydrogen-bond acceptors (Lipinski definition) is 2. The molecule has 1 aliphatic heterocycles. The van der Waals surface area contributed by atoms with Gasteiger partial charge in [0.2, 0.25) is 0 Å². The van der Waals surface area contributed by atoms with E-state index in [2.05, 4.69) is 0 Å². The molecule has 11 heavy (non-hydrogen) atoms. The van der Waals surface area contributed by atoms with Crippen LogP contribution in [0.5, 0.6) is 0 Å². The molecule has 0 aromatic rings. The Morgan fingerprint density at radius 2 is 2.18 bits per heavy atom. The van der Waals surface area contributed by atoms with Crippen LogP contribution in [-0.4, -0.2) is 6.29 Å². The highest BCUT2D eigenvalue weighted by molar-refractivity contribution is 5.87. The van der Waals surface area contributed by atoms with Crippen molar-refractivity contribution in [2.45, 2.75) is 0 Å². The van der Waals surface area contributed by atoms with E-state index in [0.717, 1.165) is 17.4 Å². The lowest BCUT2D eigenvalue weighted by Crippen LogP contribution is -1.83. The SMILES string of the molecule is O=Cc1cocc2cccc1-2. The molecule has 0 aromatic heterocycles. The molecule has 54 valence electrons. The van der Waals surface area contributed by atoms with Gasteiger partial charge in [0.05, 0.1) is 11.8 Å². The molecule has 1 heterocycles. The minimum Gasteiger partial charge on any atom is -0.471 e. The van der Waals surface area contributed by atoms with E-state index in [9.17, 15) is 4.79 Å². The monoisotopic (exact) mass is 146 g/mol. The zero-order valence-corrected chi connectivity index (χ0v) is 5.78. The molecule has 1 aliphatic carbocycles. The molecule has 2 aliphatic rings. The van der Waals surface area contributed by atoms with Crippen molar-refractivity contribution in [1.82, 2.24) is 0 Å². The van der Waals surface area contributed by atoms with Crippen LogP contribution in [0.25, 0.3) is 11.1 Å². The lowest BCUT2D eigenvalue weighted by atomic mass is 10.1. The third kappa shape index (κ3) is 0.835. The van der Waals surface area contributed by atoms with E-state index in [0.29, 0.717) is 5.56 Å². The summed E-state index contributed by atoms with van der Waals surface area (Å²) < 4.78 is 4.94. The maximum atomic E-state index is 10.5. The molecule has 0 bridgehead atoms. The van der Waals surface area contributed by atoms with Crippen molar-refractivity contribution >= 4 is 6.29 Å². The first-order chi connectivity index (χ1) is 5.42. The lowest BCUT2D eigenvalue weighted by molar-refractivity contribution is 0.112. The summed E-state index contributed by atoms with van der Waals surface area (Å²) in [5, 5.41) is 0. The van der Waals surface area contributed by atoms with Gasteiger partial charge in [0.15, 0.2) is 6.29 Å². The van der Waals surface area contributed by atoms with Crippen LogP contribution in [0.4, 0.5) is 0 Å². The van der Waals surface area contributed by atoms with Crippen LogP contribution < -0.4 is 0 Å². The Bertz CT molecular complexity index is 349. The summed E-state index contributed by atoms with van der Waals surface area (Å²) in [6, 6.07) is 5.70. The van der Waals surface area contributed by atoms with Crippen molar-refractivity contribution in [3.8, 4) is 11.1 Å². The molecule has 0 radical (unpaired) electrons. The van der Waals surface area contributed by atoms with Gasteiger partial charge in [-0.05, 0) is 5.56 Å². The predicted molar refractivity (Wildman–Crippen MR) is 40.7 cm³/mol. The number of carbonyl (C=O) groups is 1. The maximum absolute atomic E-state index is 10.5. The lowest BCUT2D eigenvalue weighted by Gasteiger charge is -1.98. The van der Waals surface area contributed by atoms with Gasteiger partial charge in [0.1, 0.15) is 6.26 Å². The molecule has 0 N–H and O–H groups in total. The molecule has 2 rings (SSSR count). The van der Waals surface area contributed by atoms with Gasteiger partial charge < -0.3 is 4.42 Å². The fraction of sp³-hybridized carbons (Fsp3) is 0. The van der Waals surface area contributed by atoms with Gasteiger partial charge in [-0.1, -0.05) is 18.2 Å². The summed E-state index contributed by atoms with van der Waals surface area (Å²) in [5.41, 5.74) is 2.52. The molecule has 2 nitrogen and oxygen atoms in total. The van der Waals surface area contributed by atoms with Crippen molar-refractivity contribution in [2.24, 2.45) is 0 Å². The molecule has 0 amide bonds. The van der Waals surface area contributed by atoms with E-state index in [1.807, 2.05) is 18.2 Å². The second-order valence-electron chi connectivity index (χ2n) is 2.34. The summed E-state index contributed by atoms with van der Waals surface area (Å²) in [4.78, 5) is 10.5. The molecule has 0 saturated heterocycles. The molecular weight excluding hydrogens is 140 g/mol. The van der Waals surface area contributed by atoms with Gasteiger partial charge in [-0.3, -0.25) is 4.79 Å². The zero-order valence-electron chi connectivity index (χ0n) is 5.78. The van der Waals surface area contributed by atoms with Crippen LogP contribution in [0.15, 0.2) is 35.1 Å². The minimum absolute atomic E-state index is 0.604. The van der Waals surface area contributed by atoms with Crippen LogP contribution >= 0.6 is 0 Å². The fourth-order valence-electron chi connectivity index (χ4n) is 1.14. The number of rotatable bonds is 1. The van der Waals surface area contributed by atoms with Gasteiger partial charge in [0.25, 0.3) is 0 Å². The Morgan fingerprint density at radius 3 is 3.00 bits per heavy atom. The molecule has 2 heteroatoms. The number of aldehydes is 1. The van der Waals surface area contributed by atoms with Crippen molar-refractivity contribution in [3.63, 3.8) is 0 Å². The van der Waals surface area contributed by atoms with Crippen LogP contribution in [-0.2, 0) is 0 Å². The standard InChI is InChI=1S/C9H6O2/c10-4-8-6-11-5-7-2-1-3-9(7)8/h1-6H. The van der Waals surface area contributed by atoms with E-state index >= 15 is 0 Å². The van der Waals surface area contributed by atoms with Gasteiger partial charge in [-0.2, -0.15) is 0 Å². The van der Waals surface area contributed by atoms with Crippen LogP contribution in [0.2, 0.25) is 0 Å². The van der Waals surface area contributed by atoms with Crippen molar-refractivity contribution < 1.29 is 9.21 Å². The number of fused-ring (bicyclic) bond motifs is 1. The normalized spacial score (nSPS) is 10.2. The third-order valence-corrected chi connectivity index (χ3v) is 1.68. The Kier molecular flexibility index (Phi) is 1.25. The number of carbonyl (C=O) groups excluding carboxylic acids is 1. The van der Waals surface area contributed by atoms with Gasteiger partial charge in [-0.25, -0.2) is 0 Å². The molecule has 0 saturated carbocycles. The summed E-state index contributed by atoms with van der Waals surface area (Å²) in [6.45, 7) is 0. The van der Waals surface area contributed by atoms with E-state index in [1.165, 1.54) is 6.26 Å². The second kappa shape index (κ2) is 2.23. The summed E-state index contributed by atoms with van der Waals surface area (Å²) in [5.74, 6) is 0. The Labute approximate surface area is 63.8 Å². The second-order valence-corrected chi connectivity index (χ2v) is 2.34. The first-order valence-electron chi connectivity index (χ1n) is 3.32. The van der Waals surface area contributed by atoms with Crippen molar-refractivity contribution in [1.29, 1.82) is 0 Å². The van der Waals surface area contributed by atoms with E-state index in [-0.39, 0.29) is 0 Å². The largest absolute Gasteiger partial charge is 0.471 e. The van der Waals surface area contributed by atoms with Gasteiger partial charge in [0, 0.05) is 5.56 Å². The van der Waals surface area contributed by atoms with Crippen LogP contribution in [0.3, 0.4) is 0 Å². The first-order valence-corrected chi connectivity index (χ1v) is 3.32. The molecule has 0 aromatic carbocycles. The Balaban J connectivity index is 2.75. The predicted octanol–water partition coefficient (Wildman–Crippen LogP) is 2.20. The highest BCUT2D eigenvalue weighted by Gasteiger charge is 2.06. The summed E-state index contributed by atoms with van der Waals surface area (Å²) in [7, 11) is 0. The quantitative estimate of drug-likeness (QED) is 0.577. The molecular formula is C9H6O2. The van der Waals surface area contributed by atoms with Gasteiger partial charge in [-0.15, -0.1) is 0 Å². The average molecular weight is 146 g/mol. The maximum Gasteiger partial charge on any atom is 0.153 e. The van der Waals surface area contributed by atoms with E-state index < -0.39 is 0 Å². The number of hydrogen-bond donors (Lipinski definition) is 0. The molecule has 0 spiro atoms. The van der Waals surface area contributed by atoms with E-state index in [4.69, 9.17) is 4.42 Å². The fourth-order valence-corrected chi connectivity index (χ4v) is 1.14. The van der Waals surface area contributed by atoms with Crippen LogP contribution in [0.1, 0.15) is 10.4 Å². The van der Waals surface area contributed by atoms with Gasteiger partial charge >= 0.3 is 0 Å². The zero-order chi connectivity index (χ0) is 7.68. The smallest absolute Gasteiger partial charge is 0.153 e. The molecule has 0 unspecified atom stereocenters. The third-order valence-electron chi connectivity index (χ3n) is 1.68. The van der Waals surface area contributed by atoms with E-state index in [1.54, 1.807) is 6.26 Å². The molecule has 0 atom stereocenters. The highest BCUT2D eigenvalue weighted by Crippen LogP contribution is 2.25. The highest BCUT2D eigenvalue weighted by atomic mass is 16.3. The Hall–Kier alpha value is -1.57. The topological polar surface area (TPSA) is 30.2 Å². The first kappa shape index (κ1) is 6.16. The molecule has 0 fully saturated rings. The average Bonchev–Trinajstić information content (AvgIpc) is 2.50. The Morgan fingerprint density at radius 1 is 1.27 bits per heavy atom.